The number of carbonyl (C=O) groups is 2. The lowest BCUT2D eigenvalue weighted by Gasteiger charge is -2.20. The van der Waals surface area contributed by atoms with E-state index in [9.17, 15) is 9.59 Å². The summed E-state index contributed by atoms with van der Waals surface area (Å²) < 4.78 is 1.96. The van der Waals surface area contributed by atoms with Crippen LogP contribution in [-0.4, -0.2) is 16.4 Å². The topological polar surface area (TPSA) is 77.1 Å². The summed E-state index contributed by atoms with van der Waals surface area (Å²) in [5.74, 6) is -0.656. The van der Waals surface area contributed by atoms with Gasteiger partial charge in [0.2, 0.25) is 11.8 Å². The number of nitrogen functional groups attached to an aromatic ring is 1. The zero-order chi connectivity index (χ0) is 13.6. The summed E-state index contributed by atoms with van der Waals surface area (Å²) in [7, 11) is 1.93. The molecule has 5 nitrogen and oxygen atoms in total. The molecule has 98 valence electrons. The summed E-state index contributed by atoms with van der Waals surface area (Å²) >= 11 is 0. The number of nitrogens with one attached hydrogen (secondary N) is 1. The van der Waals surface area contributed by atoms with Crippen LogP contribution in [0.25, 0.3) is 10.9 Å². The lowest BCUT2D eigenvalue weighted by molar-refractivity contribution is -0.134. The van der Waals surface area contributed by atoms with E-state index in [1.807, 2.05) is 36.0 Å². The highest BCUT2D eigenvalue weighted by Crippen LogP contribution is 2.32. The van der Waals surface area contributed by atoms with Crippen molar-refractivity contribution in [1.29, 1.82) is 0 Å². The van der Waals surface area contributed by atoms with Gasteiger partial charge < -0.3 is 10.3 Å². The fourth-order valence-corrected chi connectivity index (χ4v) is 2.70. The maximum atomic E-state index is 12.0. The number of anilines is 1. The van der Waals surface area contributed by atoms with Gasteiger partial charge in [-0.05, 0) is 24.1 Å². The molecule has 2 heterocycles. The van der Waals surface area contributed by atoms with Crippen molar-refractivity contribution in [3.05, 3.63) is 30.0 Å². The van der Waals surface area contributed by atoms with E-state index < -0.39 is 0 Å². The van der Waals surface area contributed by atoms with Crippen molar-refractivity contribution in [2.75, 3.05) is 5.73 Å². The van der Waals surface area contributed by atoms with Gasteiger partial charge in [0.15, 0.2) is 0 Å². The van der Waals surface area contributed by atoms with Crippen molar-refractivity contribution in [2.45, 2.75) is 18.8 Å². The first-order valence-electron chi connectivity index (χ1n) is 6.24. The molecule has 1 aromatic carbocycles. The molecule has 2 aromatic rings. The van der Waals surface area contributed by atoms with E-state index in [1.54, 1.807) is 0 Å². The van der Waals surface area contributed by atoms with Crippen molar-refractivity contribution in [2.24, 2.45) is 7.05 Å². The van der Waals surface area contributed by atoms with E-state index in [2.05, 4.69) is 5.32 Å². The first-order valence-corrected chi connectivity index (χ1v) is 6.24. The highest BCUT2D eigenvalue weighted by molar-refractivity contribution is 6.03. The van der Waals surface area contributed by atoms with Gasteiger partial charge in [0.25, 0.3) is 0 Å². The van der Waals surface area contributed by atoms with Crippen molar-refractivity contribution in [3.8, 4) is 0 Å². The quantitative estimate of drug-likeness (QED) is 0.597. The third-order valence-electron chi connectivity index (χ3n) is 3.66. The molecular weight excluding hydrogens is 242 g/mol. The van der Waals surface area contributed by atoms with Crippen LogP contribution in [0.5, 0.6) is 0 Å². The molecule has 0 aliphatic carbocycles. The zero-order valence-electron chi connectivity index (χ0n) is 10.6. The molecule has 3 rings (SSSR count). The van der Waals surface area contributed by atoms with Crippen LogP contribution in [0.2, 0.25) is 0 Å². The second kappa shape index (κ2) is 4.12. The molecule has 1 unspecified atom stereocenters. The minimum Gasteiger partial charge on any atom is -0.399 e. The number of aromatic nitrogens is 1. The summed E-state index contributed by atoms with van der Waals surface area (Å²) in [5.41, 5.74) is 8.45. The van der Waals surface area contributed by atoms with Crippen molar-refractivity contribution < 1.29 is 9.59 Å². The summed E-state index contributed by atoms with van der Waals surface area (Å²) in [6.45, 7) is 0. The number of amides is 2. The van der Waals surface area contributed by atoms with Gasteiger partial charge in [0.05, 0.1) is 11.4 Å². The zero-order valence-corrected chi connectivity index (χ0v) is 10.6. The largest absolute Gasteiger partial charge is 0.399 e. The van der Waals surface area contributed by atoms with Gasteiger partial charge >= 0.3 is 0 Å². The first kappa shape index (κ1) is 11.8. The predicted molar refractivity (Wildman–Crippen MR) is 72.5 cm³/mol. The molecule has 0 spiro atoms. The van der Waals surface area contributed by atoms with E-state index in [1.165, 1.54) is 0 Å². The molecule has 1 aliphatic rings. The molecule has 1 atom stereocenters. The number of nitrogens with zero attached hydrogens (tertiary/aromatic N) is 1. The Balaban J connectivity index is 2.10. The minimum atomic E-state index is -0.259. The van der Waals surface area contributed by atoms with Crippen LogP contribution in [0.15, 0.2) is 24.4 Å². The van der Waals surface area contributed by atoms with E-state index in [0.29, 0.717) is 18.5 Å². The molecule has 1 aliphatic heterocycles. The smallest absolute Gasteiger partial charge is 0.234 e. The highest BCUT2D eigenvalue weighted by Gasteiger charge is 2.30. The van der Waals surface area contributed by atoms with Gasteiger partial charge in [-0.1, -0.05) is 6.07 Å². The average Bonchev–Trinajstić information content (AvgIpc) is 2.66. The molecule has 0 bridgehead atoms. The van der Waals surface area contributed by atoms with Crippen molar-refractivity contribution >= 4 is 28.4 Å². The van der Waals surface area contributed by atoms with Crippen molar-refractivity contribution in [3.63, 3.8) is 0 Å². The average molecular weight is 257 g/mol. The number of imide groups is 1. The van der Waals surface area contributed by atoms with Crippen LogP contribution >= 0.6 is 0 Å². The summed E-state index contributed by atoms with van der Waals surface area (Å²) in [6.07, 6.45) is 2.90. The number of fused-ring (bicyclic) bond motifs is 1. The predicted octanol–water partition coefficient (Wildman–Crippen LogP) is 1.28. The Hall–Kier alpha value is -2.30. The highest BCUT2D eigenvalue weighted by atomic mass is 16.2. The fourth-order valence-electron chi connectivity index (χ4n) is 2.70. The van der Waals surface area contributed by atoms with E-state index in [-0.39, 0.29) is 17.7 Å². The van der Waals surface area contributed by atoms with Crippen LogP contribution in [0.1, 0.15) is 24.3 Å². The number of nitrogens with two attached hydrogens (primary N) is 1. The minimum absolute atomic E-state index is 0.189. The molecule has 0 radical (unpaired) electrons. The summed E-state index contributed by atoms with van der Waals surface area (Å²) in [6, 6.07) is 5.66. The second-order valence-electron chi connectivity index (χ2n) is 4.98. The standard InChI is InChI=1S/C14H15N3O2/c1-17-7-11(9-3-2-8(15)6-12(9)17)10-4-5-13(18)16-14(10)19/h2-3,6-7,10H,4-5,15H2,1H3,(H,16,18,19). The molecule has 2 amide bonds. The number of piperidine rings is 1. The maximum Gasteiger partial charge on any atom is 0.234 e. The van der Waals surface area contributed by atoms with Gasteiger partial charge in [0.1, 0.15) is 0 Å². The first-order chi connectivity index (χ1) is 9.06. The SMILES string of the molecule is Cn1cc(C2CCC(=O)NC2=O)c2ccc(N)cc21. The van der Waals surface area contributed by atoms with Gasteiger partial charge in [-0.2, -0.15) is 0 Å². The Bertz CT molecular complexity index is 687. The Morgan fingerprint density at radius 3 is 2.89 bits per heavy atom. The number of hydrogen-bond acceptors (Lipinski definition) is 3. The lowest BCUT2D eigenvalue weighted by atomic mass is 9.90. The number of rotatable bonds is 1. The normalized spacial score (nSPS) is 19.7. The van der Waals surface area contributed by atoms with Gasteiger partial charge in [0, 0.05) is 30.7 Å². The monoisotopic (exact) mass is 257 g/mol. The number of benzene rings is 1. The molecule has 1 saturated heterocycles. The molecule has 5 heteroatoms. The van der Waals surface area contributed by atoms with Crippen LogP contribution in [0.4, 0.5) is 5.69 Å². The Kier molecular flexibility index (Phi) is 2.55. The molecule has 1 aromatic heterocycles. The van der Waals surface area contributed by atoms with E-state index in [0.717, 1.165) is 16.5 Å². The van der Waals surface area contributed by atoms with Gasteiger partial charge in [-0.3, -0.25) is 14.9 Å². The van der Waals surface area contributed by atoms with Crippen LogP contribution in [0, 0.1) is 0 Å². The third-order valence-corrected chi connectivity index (χ3v) is 3.66. The van der Waals surface area contributed by atoms with Crippen LogP contribution < -0.4 is 11.1 Å². The molecule has 1 fully saturated rings. The Morgan fingerprint density at radius 2 is 2.16 bits per heavy atom. The number of aryl methyl sites for hydroxylation is 1. The third kappa shape index (κ3) is 1.87. The maximum absolute atomic E-state index is 12.0. The van der Waals surface area contributed by atoms with Crippen LogP contribution in [0.3, 0.4) is 0 Å². The molecule has 19 heavy (non-hydrogen) atoms. The molecular formula is C14H15N3O2. The summed E-state index contributed by atoms with van der Waals surface area (Å²) in [5, 5.41) is 3.42. The molecule has 3 N–H and O–H groups in total. The fraction of sp³-hybridized carbons (Fsp3) is 0.286. The number of carbonyl (C=O) groups excluding carboxylic acids is 2. The van der Waals surface area contributed by atoms with Gasteiger partial charge in [-0.25, -0.2) is 0 Å². The van der Waals surface area contributed by atoms with Gasteiger partial charge in [-0.15, -0.1) is 0 Å². The second-order valence-corrected chi connectivity index (χ2v) is 4.98. The van der Waals surface area contributed by atoms with E-state index in [4.69, 9.17) is 5.73 Å². The summed E-state index contributed by atoms with van der Waals surface area (Å²) in [4.78, 5) is 23.2. The molecule has 0 saturated carbocycles. The van der Waals surface area contributed by atoms with Crippen molar-refractivity contribution in [1.82, 2.24) is 9.88 Å². The lowest BCUT2D eigenvalue weighted by Crippen LogP contribution is -2.39. The van der Waals surface area contributed by atoms with E-state index >= 15 is 0 Å². The van der Waals surface area contributed by atoms with Crippen LogP contribution in [-0.2, 0) is 16.6 Å². The number of hydrogen-bond donors (Lipinski definition) is 2. The Labute approximate surface area is 110 Å². The Morgan fingerprint density at radius 1 is 1.37 bits per heavy atom.